The van der Waals surface area contributed by atoms with E-state index in [0.29, 0.717) is 18.8 Å². The minimum absolute atomic E-state index is 0.356. The first-order valence-corrected chi connectivity index (χ1v) is 7.58. The summed E-state index contributed by atoms with van der Waals surface area (Å²) in [5.41, 5.74) is 2.87. The Bertz CT molecular complexity index is 641. The lowest BCUT2D eigenvalue weighted by Gasteiger charge is -2.16. The third-order valence-electron chi connectivity index (χ3n) is 3.88. The molecule has 0 aliphatic carbocycles. The van der Waals surface area contributed by atoms with Crippen LogP contribution in [0, 0.1) is 13.8 Å². The quantitative estimate of drug-likeness (QED) is 0.840. The minimum Gasteiger partial charge on any atom is -0.497 e. The molecule has 0 amide bonds. The van der Waals surface area contributed by atoms with E-state index in [1.165, 1.54) is 0 Å². The first-order chi connectivity index (χ1) is 11.0. The third-order valence-corrected chi connectivity index (χ3v) is 3.88. The fourth-order valence-corrected chi connectivity index (χ4v) is 2.57. The van der Waals surface area contributed by atoms with Crippen molar-refractivity contribution in [1.82, 2.24) is 0 Å². The van der Waals surface area contributed by atoms with Crippen LogP contribution in [-0.2, 0) is 4.79 Å². The van der Waals surface area contributed by atoms with Gasteiger partial charge in [-0.1, -0.05) is 30.3 Å². The number of carbonyl (C=O) groups is 1. The summed E-state index contributed by atoms with van der Waals surface area (Å²) in [6, 6.07) is 13.1. The average Bonchev–Trinajstić information content (AvgIpc) is 2.54. The summed E-state index contributed by atoms with van der Waals surface area (Å²) in [7, 11) is 1.59. The lowest BCUT2D eigenvalue weighted by Crippen LogP contribution is -2.15. The summed E-state index contributed by atoms with van der Waals surface area (Å²) in [5.74, 6) is 0.113. The standard InChI is InChI=1S/C19H22O4/c1-13-5-4-6-14(2)18(13)23-12-11-17(19(20)21)15-7-9-16(22-3)10-8-15/h4-10,17H,11-12H2,1-3H3,(H,20,21). The van der Waals surface area contributed by atoms with Gasteiger partial charge < -0.3 is 14.6 Å². The minimum atomic E-state index is -0.847. The highest BCUT2D eigenvalue weighted by molar-refractivity contribution is 5.76. The Morgan fingerprint density at radius 3 is 2.22 bits per heavy atom. The van der Waals surface area contributed by atoms with E-state index in [1.807, 2.05) is 32.0 Å². The van der Waals surface area contributed by atoms with E-state index in [9.17, 15) is 9.90 Å². The number of ether oxygens (including phenoxy) is 2. The Kier molecular flexibility index (Phi) is 5.63. The molecule has 4 heteroatoms. The normalized spacial score (nSPS) is 11.8. The largest absolute Gasteiger partial charge is 0.497 e. The lowest BCUT2D eigenvalue weighted by atomic mass is 9.96. The van der Waals surface area contributed by atoms with Gasteiger partial charge in [-0.3, -0.25) is 4.79 Å². The second kappa shape index (κ2) is 7.68. The smallest absolute Gasteiger partial charge is 0.311 e. The molecule has 0 saturated carbocycles. The SMILES string of the molecule is COc1ccc(C(CCOc2c(C)cccc2C)C(=O)O)cc1. The van der Waals surface area contributed by atoms with E-state index in [0.717, 1.165) is 22.4 Å². The van der Waals surface area contributed by atoms with Gasteiger partial charge in [-0.15, -0.1) is 0 Å². The van der Waals surface area contributed by atoms with Gasteiger partial charge in [-0.05, 0) is 49.1 Å². The number of carboxylic acids is 1. The van der Waals surface area contributed by atoms with E-state index >= 15 is 0 Å². The molecular formula is C19H22O4. The molecule has 0 aliphatic rings. The first-order valence-electron chi connectivity index (χ1n) is 7.58. The van der Waals surface area contributed by atoms with Crippen LogP contribution in [0.3, 0.4) is 0 Å². The molecule has 1 atom stereocenters. The zero-order valence-corrected chi connectivity index (χ0v) is 13.7. The van der Waals surface area contributed by atoms with Crippen LogP contribution in [0.25, 0.3) is 0 Å². The Morgan fingerprint density at radius 2 is 1.70 bits per heavy atom. The lowest BCUT2D eigenvalue weighted by molar-refractivity contribution is -0.139. The Morgan fingerprint density at radius 1 is 1.09 bits per heavy atom. The summed E-state index contributed by atoms with van der Waals surface area (Å²) >= 11 is 0. The predicted molar refractivity (Wildman–Crippen MR) is 89.4 cm³/mol. The number of para-hydroxylation sites is 1. The molecular weight excluding hydrogens is 292 g/mol. The zero-order valence-electron chi connectivity index (χ0n) is 13.7. The predicted octanol–water partition coefficient (Wildman–Crippen LogP) is 3.95. The van der Waals surface area contributed by atoms with Gasteiger partial charge in [0.15, 0.2) is 0 Å². The number of aryl methyl sites for hydroxylation is 2. The molecule has 1 N–H and O–H groups in total. The zero-order chi connectivity index (χ0) is 16.8. The molecule has 122 valence electrons. The molecule has 2 aromatic carbocycles. The van der Waals surface area contributed by atoms with Crippen LogP contribution < -0.4 is 9.47 Å². The van der Waals surface area contributed by atoms with Crippen LogP contribution in [0.15, 0.2) is 42.5 Å². The van der Waals surface area contributed by atoms with Crippen molar-refractivity contribution < 1.29 is 19.4 Å². The van der Waals surface area contributed by atoms with Gasteiger partial charge in [0.1, 0.15) is 11.5 Å². The van der Waals surface area contributed by atoms with Gasteiger partial charge in [-0.2, -0.15) is 0 Å². The first kappa shape index (κ1) is 16.9. The second-order valence-electron chi connectivity index (χ2n) is 5.52. The summed E-state index contributed by atoms with van der Waals surface area (Å²) in [4.78, 5) is 11.5. The van der Waals surface area contributed by atoms with E-state index in [4.69, 9.17) is 9.47 Å². The van der Waals surface area contributed by atoms with Crippen molar-refractivity contribution in [2.45, 2.75) is 26.2 Å². The highest BCUT2D eigenvalue weighted by Gasteiger charge is 2.20. The maximum absolute atomic E-state index is 11.5. The van der Waals surface area contributed by atoms with Gasteiger partial charge in [0.05, 0.1) is 19.6 Å². The van der Waals surface area contributed by atoms with Crippen molar-refractivity contribution in [1.29, 1.82) is 0 Å². The van der Waals surface area contributed by atoms with Gasteiger partial charge in [0.2, 0.25) is 0 Å². The van der Waals surface area contributed by atoms with Crippen molar-refractivity contribution >= 4 is 5.97 Å². The molecule has 4 nitrogen and oxygen atoms in total. The summed E-state index contributed by atoms with van der Waals surface area (Å²) in [6.45, 7) is 4.33. The van der Waals surface area contributed by atoms with Gasteiger partial charge in [-0.25, -0.2) is 0 Å². The highest BCUT2D eigenvalue weighted by atomic mass is 16.5. The van der Waals surface area contributed by atoms with Crippen molar-refractivity contribution in [2.75, 3.05) is 13.7 Å². The van der Waals surface area contributed by atoms with Crippen LogP contribution >= 0.6 is 0 Å². The van der Waals surface area contributed by atoms with Crippen molar-refractivity contribution in [3.8, 4) is 11.5 Å². The Balaban J connectivity index is 2.04. The van der Waals surface area contributed by atoms with E-state index < -0.39 is 11.9 Å². The van der Waals surface area contributed by atoms with Crippen molar-refractivity contribution in [3.05, 3.63) is 59.2 Å². The highest BCUT2D eigenvalue weighted by Crippen LogP contribution is 2.26. The van der Waals surface area contributed by atoms with Crippen LogP contribution in [0.1, 0.15) is 29.0 Å². The van der Waals surface area contributed by atoms with Gasteiger partial charge in [0, 0.05) is 0 Å². The number of benzene rings is 2. The molecule has 0 fully saturated rings. The van der Waals surface area contributed by atoms with Crippen molar-refractivity contribution in [3.63, 3.8) is 0 Å². The number of hydrogen-bond donors (Lipinski definition) is 1. The molecule has 0 bridgehead atoms. The third kappa shape index (κ3) is 4.25. The van der Waals surface area contributed by atoms with Crippen LogP contribution in [0.4, 0.5) is 0 Å². The monoisotopic (exact) mass is 314 g/mol. The topological polar surface area (TPSA) is 55.8 Å². The van der Waals surface area contributed by atoms with Gasteiger partial charge >= 0.3 is 5.97 Å². The summed E-state index contributed by atoms with van der Waals surface area (Å²) in [6.07, 6.45) is 0.412. The Hall–Kier alpha value is -2.49. The van der Waals surface area contributed by atoms with Crippen LogP contribution in [-0.4, -0.2) is 24.8 Å². The second-order valence-corrected chi connectivity index (χ2v) is 5.52. The Labute approximate surface area is 136 Å². The van der Waals surface area contributed by atoms with Crippen molar-refractivity contribution in [2.24, 2.45) is 0 Å². The molecule has 0 saturated heterocycles. The van der Waals surface area contributed by atoms with Gasteiger partial charge in [0.25, 0.3) is 0 Å². The molecule has 1 unspecified atom stereocenters. The number of aliphatic carboxylic acids is 1. The van der Waals surface area contributed by atoms with Crippen LogP contribution in [0.2, 0.25) is 0 Å². The molecule has 0 aromatic heterocycles. The number of rotatable bonds is 7. The molecule has 0 radical (unpaired) electrons. The molecule has 0 heterocycles. The van der Waals surface area contributed by atoms with E-state index in [-0.39, 0.29) is 0 Å². The molecule has 2 rings (SSSR count). The maximum atomic E-state index is 11.5. The van der Waals surface area contributed by atoms with E-state index in [2.05, 4.69) is 0 Å². The summed E-state index contributed by atoms with van der Waals surface area (Å²) < 4.78 is 10.9. The number of hydrogen-bond acceptors (Lipinski definition) is 3. The molecule has 23 heavy (non-hydrogen) atoms. The molecule has 2 aromatic rings. The van der Waals surface area contributed by atoms with E-state index in [1.54, 1.807) is 31.4 Å². The molecule has 0 aliphatic heterocycles. The number of methoxy groups -OCH3 is 1. The maximum Gasteiger partial charge on any atom is 0.311 e. The summed E-state index contributed by atoms with van der Waals surface area (Å²) in [5, 5.41) is 9.47. The number of carboxylic acid groups (broad SMARTS) is 1. The van der Waals surface area contributed by atoms with Crippen LogP contribution in [0.5, 0.6) is 11.5 Å². The fourth-order valence-electron chi connectivity index (χ4n) is 2.57. The molecule has 0 spiro atoms. The fraction of sp³-hybridized carbons (Fsp3) is 0.316. The average molecular weight is 314 g/mol.